The van der Waals surface area contributed by atoms with Crippen molar-refractivity contribution in [2.24, 2.45) is 0 Å². The van der Waals surface area contributed by atoms with Crippen molar-refractivity contribution >= 4 is 38.9 Å². The van der Waals surface area contributed by atoms with Gasteiger partial charge < -0.3 is 9.47 Å². The van der Waals surface area contributed by atoms with Gasteiger partial charge in [0.15, 0.2) is 0 Å². The van der Waals surface area contributed by atoms with E-state index >= 15 is 0 Å². The molecular weight excluding hydrogens is 821 g/mol. The average molecular weight is 867 g/mol. The lowest BCUT2D eigenvalue weighted by molar-refractivity contribution is 1.18. The van der Waals surface area contributed by atoms with Crippen LogP contribution in [0.5, 0.6) is 0 Å². The van der Waals surface area contributed by atoms with Crippen LogP contribution in [-0.2, 0) is 0 Å². The van der Waals surface area contributed by atoms with E-state index in [0.717, 1.165) is 28.2 Å². The Kier molecular flexibility index (Phi) is 10.6. The van der Waals surface area contributed by atoms with Crippen molar-refractivity contribution in [1.82, 2.24) is 4.57 Å². The van der Waals surface area contributed by atoms with E-state index in [2.05, 4.69) is 289 Å². The summed E-state index contributed by atoms with van der Waals surface area (Å²) in [6.07, 6.45) is 0. The van der Waals surface area contributed by atoms with Crippen LogP contribution in [0.3, 0.4) is 0 Å². The molecule has 2 nitrogen and oxygen atoms in total. The summed E-state index contributed by atoms with van der Waals surface area (Å²) >= 11 is 0. The minimum Gasteiger partial charge on any atom is -0.310 e. The Bertz CT molecular complexity index is 3570. The van der Waals surface area contributed by atoms with Gasteiger partial charge in [0.25, 0.3) is 0 Å². The number of benzene rings is 11. The predicted molar refractivity (Wildman–Crippen MR) is 288 cm³/mol. The molecule has 0 N–H and O–H groups in total. The van der Waals surface area contributed by atoms with Gasteiger partial charge in [0.2, 0.25) is 0 Å². The van der Waals surface area contributed by atoms with Crippen LogP contribution in [0.2, 0.25) is 0 Å². The molecule has 68 heavy (non-hydrogen) atoms. The minimum absolute atomic E-state index is 1.08. The molecule has 0 radical (unpaired) electrons. The molecule has 0 aliphatic rings. The number of aromatic nitrogens is 1. The summed E-state index contributed by atoms with van der Waals surface area (Å²) in [5.41, 5.74) is 21.1. The predicted octanol–water partition coefficient (Wildman–Crippen LogP) is 18.3. The molecule has 1 aromatic heterocycles. The molecule has 0 atom stereocenters. The van der Waals surface area contributed by atoms with Gasteiger partial charge in [-0.3, -0.25) is 0 Å². The highest BCUT2D eigenvalue weighted by Crippen LogP contribution is 2.43. The second-order valence-corrected chi connectivity index (χ2v) is 17.3. The van der Waals surface area contributed by atoms with Gasteiger partial charge in [-0.25, -0.2) is 0 Å². The van der Waals surface area contributed by atoms with E-state index < -0.39 is 0 Å². The molecule has 0 aliphatic heterocycles. The van der Waals surface area contributed by atoms with Crippen LogP contribution in [0.4, 0.5) is 17.1 Å². The first kappa shape index (κ1) is 40.5. The fraction of sp³-hybridized carbons (Fsp3) is 0. The Morgan fingerprint density at radius 1 is 0.235 bits per heavy atom. The Morgan fingerprint density at radius 2 is 0.574 bits per heavy atom. The highest BCUT2D eigenvalue weighted by atomic mass is 15.1. The summed E-state index contributed by atoms with van der Waals surface area (Å²) in [6, 6.07) is 101. The van der Waals surface area contributed by atoms with Crippen LogP contribution < -0.4 is 4.90 Å². The molecule has 11 aromatic carbocycles. The fourth-order valence-corrected chi connectivity index (χ4v) is 9.89. The van der Waals surface area contributed by atoms with E-state index in [1.165, 1.54) is 83.1 Å². The van der Waals surface area contributed by atoms with Crippen molar-refractivity contribution in [3.63, 3.8) is 0 Å². The van der Waals surface area contributed by atoms with Gasteiger partial charge >= 0.3 is 0 Å². The van der Waals surface area contributed by atoms with Crippen molar-refractivity contribution in [2.75, 3.05) is 4.90 Å². The average Bonchev–Trinajstić information content (AvgIpc) is 3.76. The summed E-state index contributed by atoms with van der Waals surface area (Å²) < 4.78 is 2.41. The molecule has 0 spiro atoms. The number of nitrogens with zero attached hydrogens (tertiary/aromatic N) is 2. The maximum absolute atomic E-state index is 2.41. The van der Waals surface area contributed by atoms with Crippen molar-refractivity contribution in [3.8, 4) is 72.4 Å². The zero-order chi connectivity index (χ0) is 45.2. The quantitative estimate of drug-likeness (QED) is 0.133. The zero-order valence-electron chi connectivity index (χ0n) is 37.5. The standard InChI is InChI=1S/C66H46N2/c1-4-18-47(19-5-1)54-44-55(48-20-6-2-7-21-48)46-56(45-54)51-38-42-58(43-39-51)67(63-28-14-10-24-59(63)52-22-8-3-9-23-52)57-40-36-50(37-41-57)49-32-34-53(35-33-49)60-25-11-15-29-64(60)68-65-30-16-12-26-61(65)62-27-13-17-31-66(62)68/h1-46H. The molecule has 320 valence electrons. The molecule has 0 bridgehead atoms. The van der Waals surface area contributed by atoms with Crippen molar-refractivity contribution < 1.29 is 0 Å². The number of anilines is 3. The first-order valence-corrected chi connectivity index (χ1v) is 23.3. The Hall–Kier alpha value is -8.98. The maximum Gasteiger partial charge on any atom is 0.0541 e. The van der Waals surface area contributed by atoms with Crippen molar-refractivity contribution in [1.29, 1.82) is 0 Å². The summed E-state index contributed by atoms with van der Waals surface area (Å²) in [6.45, 7) is 0. The number of para-hydroxylation sites is 4. The topological polar surface area (TPSA) is 8.17 Å². The summed E-state index contributed by atoms with van der Waals surface area (Å²) in [5, 5.41) is 2.52. The lowest BCUT2D eigenvalue weighted by Gasteiger charge is -2.28. The van der Waals surface area contributed by atoms with Crippen LogP contribution in [0, 0.1) is 0 Å². The van der Waals surface area contributed by atoms with E-state index in [-0.39, 0.29) is 0 Å². The maximum atomic E-state index is 2.41. The summed E-state index contributed by atoms with van der Waals surface area (Å²) in [4.78, 5) is 2.39. The van der Waals surface area contributed by atoms with Crippen LogP contribution in [0.25, 0.3) is 94.3 Å². The minimum atomic E-state index is 1.08. The third-order valence-electron chi connectivity index (χ3n) is 13.2. The molecule has 0 aliphatic carbocycles. The van der Waals surface area contributed by atoms with Gasteiger partial charge in [0.1, 0.15) is 0 Å². The number of hydrogen-bond acceptors (Lipinski definition) is 1. The fourth-order valence-electron chi connectivity index (χ4n) is 9.89. The van der Waals surface area contributed by atoms with Crippen LogP contribution in [0.15, 0.2) is 279 Å². The van der Waals surface area contributed by atoms with Crippen LogP contribution >= 0.6 is 0 Å². The van der Waals surface area contributed by atoms with Crippen molar-refractivity contribution in [2.45, 2.75) is 0 Å². The smallest absolute Gasteiger partial charge is 0.0541 e. The normalized spacial score (nSPS) is 11.2. The Balaban J connectivity index is 0.902. The van der Waals surface area contributed by atoms with Gasteiger partial charge in [-0.05, 0) is 122 Å². The second kappa shape index (κ2) is 17.8. The van der Waals surface area contributed by atoms with Gasteiger partial charge in [-0.1, -0.05) is 212 Å². The highest BCUT2D eigenvalue weighted by Gasteiger charge is 2.19. The number of fused-ring (bicyclic) bond motifs is 3. The SMILES string of the molecule is c1ccc(-c2cc(-c3ccccc3)cc(-c3ccc(N(c4ccc(-c5ccc(-c6ccccc6-n6c7ccccc7c7ccccc76)cc5)cc4)c4ccccc4-c4ccccc4)cc3)c2)cc1. The highest BCUT2D eigenvalue weighted by molar-refractivity contribution is 6.09. The first-order valence-electron chi connectivity index (χ1n) is 23.3. The van der Waals surface area contributed by atoms with Crippen LogP contribution in [-0.4, -0.2) is 4.57 Å². The molecular formula is C66H46N2. The zero-order valence-corrected chi connectivity index (χ0v) is 37.5. The Morgan fingerprint density at radius 3 is 1.09 bits per heavy atom. The first-order chi connectivity index (χ1) is 33.7. The molecule has 2 heteroatoms. The molecule has 1 heterocycles. The number of rotatable bonds is 10. The number of hydrogen-bond donors (Lipinski definition) is 0. The van der Waals surface area contributed by atoms with Gasteiger partial charge in [-0.2, -0.15) is 0 Å². The van der Waals surface area contributed by atoms with Gasteiger partial charge in [0, 0.05) is 33.3 Å². The monoisotopic (exact) mass is 866 g/mol. The molecule has 0 unspecified atom stereocenters. The van der Waals surface area contributed by atoms with E-state index in [0.29, 0.717) is 0 Å². The van der Waals surface area contributed by atoms with Gasteiger partial charge in [-0.15, -0.1) is 0 Å². The van der Waals surface area contributed by atoms with E-state index in [9.17, 15) is 0 Å². The molecule has 12 aromatic rings. The molecule has 0 amide bonds. The molecule has 0 saturated heterocycles. The third-order valence-corrected chi connectivity index (χ3v) is 13.2. The van der Waals surface area contributed by atoms with Gasteiger partial charge in [0.05, 0.1) is 22.4 Å². The molecule has 0 fully saturated rings. The largest absolute Gasteiger partial charge is 0.310 e. The lowest BCUT2D eigenvalue weighted by Crippen LogP contribution is -2.11. The lowest BCUT2D eigenvalue weighted by atomic mass is 9.93. The van der Waals surface area contributed by atoms with E-state index in [1.807, 2.05) is 0 Å². The summed E-state index contributed by atoms with van der Waals surface area (Å²) in [5.74, 6) is 0. The van der Waals surface area contributed by atoms with E-state index in [4.69, 9.17) is 0 Å². The summed E-state index contributed by atoms with van der Waals surface area (Å²) in [7, 11) is 0. The van der Waals surface area contributed by atoms with E-state index in [1.54, 1.807) is 0 Å². The molecule has 0 saturated carbocycles. The third kappa shape index (κ3) is 7.64. The van der Waals surface area contributed by atoms with Crippen LogP contribution in [0.1, 0.15) is 0 Å². The van der Waals surface area contributed by atoms with Crippen molar-refractivity contribution in [3.05, 3.63) is 279 Å². The second-order valence-electron chi connectivity index (χ2n) is 17.3. The Labute approximate surface area is 397 Å². The molecule has 12 rings (SSSR count).